The molecule has 0 aliphatic carbocycles. The Balaban J connectivity index is 1.54. The van der Waals surface area contributed by atoms with Gasteiger partial charge in [0.1, 0.15) is 12.4 Å². The first-order valence-corrected chi connectivity index (χ1v) is 8.48. The lowest BCUT2D eigenvalue weighted by Crippen LogP contribution is -2.34. The van der Waals surface area contributed by atoms with E-state index < -0.39 is 6.10 Å². The molecule has 1 heterocycles. The molecule has 1 fully saturated rings. The third kappa shape index (κ3) is 4.65. The third-order valence-corrected chi connectivity index (χ3v) is 4.44. The number of aliphatic hydroxyl groups excluding tert-OH is 1. The lowest BCUT2D eigenvalue weighted by atomic mass is 10.0. The van der Waals surface area contributed by atoms with E-state index in [1.54, 1.807) is 17.0 Å². The largest absolute Gasteiger partial charge is 0.391 e. The van der Waals surface area contributed by atoms with Gasteiger partial charge in [0.05, 0.1) is 18.8 Å². The Hall–Kier alpha value is -2.24. The Labute approximate surface area is 146 Å². The lowest BCUT2D eigenvalue weighted by Gasteiger charge is -2.24. The van der Waals surface area contributed by atoms with E-state index in [-0.39, 0.29) is 30.9 Å². The Kier molecular flexibility index (Phi) is 5.79. The zero-order chi connectivity index (χ0) is 17.6. The monoisotopic (exact) mass is 343 g/mol. The van der Waals surface area contributed by atoms with E-state index in [9.17, 15) is 14.3 Å². The van der Waals surface area contributed by atoms with E-state index in [4.69, 9.17) is 4.74 Å². The number of amides is 1. The standard InChI is InChI=1S/C20H22FNO3/c21-17-8-4-7-16(11-17)19-12-18(23)13-22(19)20(24)14-25-10-9-15-5-2-1-3-6-15/h1-8,11,18-19,23H,9-10,12-14H2/t18-,19-/m0/s1. The number of carbonyl (C=O) groups excluding carboxylic acids is 1. The van der Waals surface area contributed by atoms with Crippen molar-refractivity contribution in [3.8, 4) is 0 Å². The van der Waals surface area contributed by atoms with Crippen molar-refractivity contribution >= 4 is 5.91 Å². The van der Waals surface area contributed by atoms with E-state index in [2.05, 4.69) is 0 Å². The Morgan fingerprint density at radius 3 is 2.76 bits per heavy atom. The molecule has 3 rings (SSSR count). The number of rotatable bonds is 6. The highest BCUT2D eigenvalue weighted by Crippen LogP contribution is 2.32. The van der Waals surface area contributed by atoms with E-state index in [1.807, 2.05) is 30.3 Å². The molecule has 2 aromatic rings. The van der Waals surface area contributed by atoms with Gasteiger partial charge in [0, 0.05) is 6.54 Å². The first-order chi connectivity index (χ1) is 12.1. The molecule has 2 aromatic carbocycles. The van der Waals surface area contributed by atoms with Gasteiger partial charge in [0.15, 0.2) is 0 Å². The predicted octanol–water partition coefficient (Wildman–Crippen LogP) is 2.72. The normalized spacial score (nSPS) is 20.0. The quantitative estimate of drug-likeness (QED) is 0.821. The Bertz CT molecular complexity index is 707. The minimum absolute atomic E-state index is 0.0363. The van der Waals surface area contributed by atoms with Crippen molar-refractivity contribution in [2.45, 2.75) is 25.0 Å². The van der Waals surface area contributed by atoms with Gasteiger partial charge in [-0.05, 0) is 36.1 Å². The molecule has 0 aromatic heterocycles. The van der Waals surface area contributed by atoms with Crippen LogP contribution in [0.2, 0.25) is 0 Å². The van der Waals surface area contributed by atoms with Gasteiger partial charge < -0.3 is 14.7 Å². The van der Waals surface area contributed by atoms with Crippen LogP contribution in [-0.2, 0) is 16.0 Å². The van der Waals surface area contributed by atoms with Crippen LogP contribution in [-0.4, -0.2) is 41.8 Å². The fraction of sp³-hybridized carbons (Fsp3) is 0.350. The summed E-state index contributed by atoms with van der Waals surface area (Å²) < 4.78 is 19.0. The molecule has 1 aliphatic rings. The summed E-state index contributed by atoms with van der Waals surface area (Å²) in [5.41, 5.74) is 1.86. The highest BCUT2D eigenvalue weighted by atomic mass is 19.1. The summed E-state index contributed by atoms with van der Waals surface area (Å²) in [6.45, 7) is 0.671. The van der Waals surface area contributed by atoms with Crippen molar-refractivity contribution in [2.75, 3.05) is 19.8 Å². The summed E-state index contributed by atoms with van der Waals surface area (Å²) >= 11 is 0. The van der Waals surface area contributed by atoms with Crippen LogP contribution in [0.4, 0.5) is 4.39 Å². The van der Waals surface area contributed by atoms with Gasteiger partial charge in [-0.2, -0.15) is 0 Å². The van der Waals surface area contributed by atoms with Gasteiger partial charge in [-0.1, -0.05) is 42.5 Å². The molecule has 0 bridgehead atoms. The molecule has 0 saturated carbocycles. The molecule has 1 N–H and O–H groups in total. The molecular weight excluding hydrogens is 321 g/mol. The molecule has 2 atom stereocenters. The average molecular weight is 343 g/mol. The van der Waals surface area contributed by atoms with Gasteiger partial charge in [-0.3, -0.25) is 4.79 Å². The van der Waals surface area contributed by atoms with Gasteiger partial charge >= 0.3 is 0 Å². The summed E-state index contributed by atoms with van der Waals surface area (Å²) in [4.78, 5) is 14.1. The molecule has 0 radical (unpaired) electrons. The van der Waals surface area contributed by atoms with Crippen molar-refractivity contribution in [3.63, 3.8) is 0 Å². The van der Waals surface area contributed by atoms with Crippen LogP contribution in [0.5, 0.6) is 0 Å². The van der Waals surface area contributed by atoms with Crippen molar-refractivity contribution < 1.29 is 19.0 Å². The fourth-order valence-electron chi connectivity index (χ4n) is 3.20. The minimum atomic E-state index is -0.596. The SMILES string of the molecule is O=C(COCCc1ccccc1)N1C[C@@H](O)C[C@H]1c1cccc(F)c1. The third-order valence-electron chi connectivity index (χ3n) is 4.44. The number of benzene rings is 2. The lowest BCUT2D eigenvalue weighted by molar-refractivity contribution is -0.137. The summed E-state index contributed by atoms with van der Waals surface area (Å²) in [6, 6.07) is 15.8. The Morgan fingerprint density at radius 1 is 1.20 bits per heavy atom. The number of likely N-dealkylation sites (tertiary alicyclic amines) is 1. The summed E-state index contributed by atoms with van der Waals surface area (Å²) in [7, 11) is 0. The number of β-amino-alcohol motifs (C(OH)–C–C–N with tert-alkyl or cyclic N) is 1. The number of hydrogen-bond donors (Lipinski definition) is 1. The number of aliphatic hydroxyl groups is 1. The maximum Gasteiger partial charge on any atom is 0.249 e. The number of ether oxygens (including phenoxy) is 1. The second kappa shape index (κ2) is 8.23. The smallest absolute Gasteiger partial charge is 0.249 e. The van der Waals surface area contributed by atoms with E-state index in [1.165, 1.54) is 12.1 Å². The topological polar surface area (TPSA) is 49.8 Å². The molecular formula is C20H22FNO3. The second-order valence-corrected chi connectivity index (χ2v) is 6.29. The highest BCUT2D eigenvalue weighted by Gasteiger charge is 2.35. The fourth-order valence-corrected chi connectivity index (χ4v) is 3.20. The molecule has 1 amide bonds. The highest BCUT2D eigenvalue weighted by molar-refractivity contribution is 5.78. The maximum absolute atomic E-state index is 13.5. The Morgan fingerprint density at radius 2 is 2.00 bits per heavy atom. The molecule has 25 heavy (non-hydrogen) atoms. The van der Waals surface area contributed by atoms with Crippen LogP contribution >= 0.6 is 0 Å². The van der Waals surface area contributed by atoms with Crippen molar-refractivity contribution in [3.05, 3.63) is 71.5 Å². The van der Waals surface area contributed by atoms with Gasteiger partial charge in [0.25, 0.3) is 0 Å². The first kappa shape index (κ1) is 17.6. The maximum atomic E-state index is 13.5. The van der Waals surface area contributed by atoms with Crippen LogP contribution in [0.25, 0.3) is 0 Å². The molecule has 4 nitrogen and oxygen atoms in total. The minimum Gasteiger partial charge on any atom is -0.391 e. The van der Waals surface area contributed by atoms with Crippen LogP contribution in [0, 0.1) is 5.82 Å². The molecule has 0 spiro atoms. The van der Waals surface area contributed by atoms with Crippen LogP contribution in [0.1, 0.15) is 23.6 Å². The van der Waals surface area contributed by atoms with Crippen LogP contribution < -0.4 is 0 Å². The van der Waals surface area contributed by atoms with E-state index >= 15 is 0 Å². The number of hydrogen-bond acceptors (Lipinski definition) is 3. The molecule has 132 valence electrons. The van der Waals surface area contributed by atoms with Gasteiger partial charge in [0.2, 0.25) is 5.91 Å². The molecule has 0 unspecified atom stereocenters. The van der Waals surface area contributed by atoms with Crippen molar-refractivity contribution in [1.82, 2.24) is 4.90 Å². The van der Waals surface area contributed by atoms with Gasteiger partial charge in [-0.15, -0.1) is 0 Å². The molecule has 1 aliphatic heterocycles. The molecule has 1 saturated heterocycles. The van der Waals surface area contributed by atoms with E-state index in [0.29, 0.717) is 18.6 Å². The average Bonchev–Trinajstić information content (AvgIpc) is 3.01. The first-order valence-electron chi connectivity index (χ1n) is 8.48. The molecule has 5 heteroatoms. The van der Waals surface area contributed by atoms with E-state index in [0.717, 1.165) is 12.0 Å². The zero-order valence-electron chi connectivity index (χ0n) is 14.0. The summed E-state index contributed by atoms with van der Waals surface area (Å²) in [5, 5.41) is 9.94. The van der Waals surface area contributed by atoms with Crippen LogP contribution in [0.15, 0.2) is 54.6 Å². The predicted molar refractivity (Wildman–Crippen MR) is 92.4 cm³/mol. The van der Waals surface area contributed by atoms with Crippen LogP contribution in [0.3, 0.4) is 0 Å². The summed E-state index contributed by atoms with van der Waals surface area (Å²) in [6.07, 6.45) is 0.560. The number of halogens is 1. The second-order valence-electron chi connectivity index (χ2n) is 6.29. The number of nitrogens with zero attached hydrogens (tertiary/aromatic N) is 1. The number of carbonyl (C=O) groups is 1. The zero-order valence-corrected chi connectivity index (χ0v) is 14.0. The summed E-state index contributed by atoms with van der Waals surface area (Å²) in [5.74, 6) is -0.524. The van der Waals surface area contributed by atoms with Crippen molar-refractivity contribution in [2.24, 2.45) is 0 Å². The van der Waals surface area contributed by atoms with Gasteiger partial charge in [-0.25, -0.2) is 4.39 Å². The van der Waals surface area contributed by atoms with Crippen molar-refractivity contribution in [1.29, 1.82) is 0 Å².